The van der Waals surface area contributed by atoms with Crippen LogP contribution in [0.2, 0.25) is 0 Å². The van der Waals surface area contributed by atoms with Gasteiger partial charge in [0, 0.05) is 48.2 Å². The molecule has 1 heterocycles. The second-order valence-corrected chi connectivity index (χ2v) is 7.43. The summed E-state index contributed by atoms with van der Waals surface area (Å²) in [6.07, 6.45) is 0.462. The minimum absolute atomic E-state index is 0.0403. The van der Waals surface area contributed by atoms with Gasteiger partial charge in [-0.1, -0.05) is 54.1 Å². The second kappa shape index (κ2) is 6.92. The van der Waals surface area contributed by atoms with E-state index in [9.17, 15) is 4.79 Å². The van der Waals surface area contributed by atoms with Crippen LogP contribution in [0, 0.1) is 6.92 Å². The first-order valence-electron chi connectivity index (χ1n) is 9.30. The van der Waals surface area contributed by atoms with Crippen LogP contribution in [0.1, 0.15) is 29.0 Å². The zero-order valence-electron chi connectivity index (χ0n) is 16.0. The number of hydrogen-bond donors (Lipinski definition) is 1. The number of aromatic amines is 1. The smallest absolute Gasteiger partial charge is 0.223 e. The lowest BCUT2D eigenvalue weighted by Gasteiger charge is -2.20. The number of benzene rings is 3. The average molecular weight is 356 g/mol. The van der Waals surface area contributed by atoms with Gasteiger partial charge in [-0.25, -0.2) is 0 Å². The molecule has 1 atom stereocenters. The van der Waals surface area contributed by atoms with Crippen LogP contribution in [0.4, 0.5) is 0 Å². The van der Waals surface area contributed by atoms with Gasteiger partial charge in [-0.05, 0) is 36.2 Å². The molecule has 0 aliphatic heterocycles. The molecular formula is C24H24N2O. The van der Waals surface area contributed by atoms with Crippen molar-refractivity contribution < 1.29 is 4.79 Å². The Kier molecular flexibility index (Phi) is 4.44. The minimum atomic E-state index is 0.0403. The number of H-pyrrole nitrogens is 1. The van der Waals surface area contributed by atoms with E-state index >= 15 is 0 Å². The van der Waals surface area contributed by atoms with Gasteiger partial charge in [0.2, 0.25) is 5.91 Å². The second-order valence-electron chi connectivity index (χ2n) is 7.43. The maximum atomic E-state index is 12.5. The molecule has 3 heteroatoms. The van der Waals surface area contributed by atoms with Crippen LogP contribution >= 0.6 is 0 Å². The van der Waals surface area contributed by atoms with E-state index < -0.39 is 0 Å². The number of nitrogens with zero attached hydrogens (tertiary/aromatic N) is 1. The number of hydrogen-bond acceptors (Lipinski definition) is 1. The highest BCUT2D eigenvalue weighted by Gasteiger charge is 2.20. The summed E-state index contributed by atoms with van der Waals surface area (Å²) in [5, 5.41) is 2.42. The first-order chi connectivity index (χ1) is 13.0. The molecule has 0 saturated heterocycles. The number of para-hydroxylation sites is 1. The minimum Gasteiger partial charge on any atom is -0.355 e. The van der Waals surface area contributed by atoms with Crippen molar-refractivity contribution in [3.05, 3.63) is 83.4 Å². The molecule has 1 N–H and O–H groups in total. The molecule has 1 aromatic heterocycles. The highest BCUT2D eigenvalue weighted by atomic mass is 16.2. The maximum absolute atomic E-state index is 12.5. The number of aryl methyl sites for hydroxylation is 1. The Morgan fingerprint density at radius 2 is 1.56 bits per heavy atom. The molecule has 0 aliphatic carbocycles. The summed E-state index contributed by atoms with van der Waals surface area (Å²) in [6, 6.07) is 23.4. The molecule has 3 nitrogen and oxygen atoms in total. The van der Waals surface area contributed by atoms with Crippen molar-refractivity contribution in [1.29, 1.82) is 0 Å². The van der Waals surface area contributed by atoms with Gasteiger partial charge in [0.15, 0.2) is 0 Å². The monoisotopic (exact) mass is 356 g/mol. The van der Waals surface area contributed by atoms with Crippen LogP contribution in [-0.2, 0) is 4.79 Å². The summed E-state index contributed by atoms with van der Waals surface area (Å²) in [7, 11) is 3.63. The Balaban J connectivity index is 1.84. The van der Waals surface area contributed by atoms with E-state index in [0.717, 1.165) is 11.0 Å². The van der Waals surface area contributed by atoms with Crippen molar-refractivity contribution in [2.75, 3.05) is 14.1 Å². The molecule has 136 valence electrons. The lowest BCUT2D eigenvalue weighted by Crippen LogP contribution is -2.24. The molecular weight excluding hydrogens is 332 g/mol. The van der Waals surface area contributed by atoms with Gasteiger partial charge >= 0.3 is 0 Å². The fourth-order valence-electron chi connectivity index (χ4n) is 3.67. The average Bonchev–Trinajstić information content (AvgIpc) is 3.04. The van der Waals surface area contributed by atoms with Crippen molar-refractivity contribution in [1.82, 2.24) is 9.88 Å². The Morgan fingerprint density at radius 3 is 2.30 bits per heavy atom. The first kappa shape index (κ1) is 17.3. The largest absolute Gasteiger partial charge is 0.355 e. The third-order valence-electron chi connectivity index (χ3n) is 5.29. The van der Waals surface area contributed by atoms with E-state index in [4.69, 9.17) is 0 Å². The van der Waals surface area contributed by atoms with Crippen LogP contribution in [-0.4, -0.2) is 29.9 Å². The quantitative estimate of drug-likeness (QED) is 0.533. The number of rotatable bonds is 4. The number of fused-ring (bicyclic) bond motifs is 3. The molecule has 0 radical (unpaired) electrons. The number of carbonyl (C=O) groups is 1. The molecule has 0 aliphatic rings. The van der Waals surface area contributed by atoms with E-state index in [1.54, 1.807) is 4.90 Å². The van der Waals surface area contributed by atoms with Gasteiger partial charge in [0.25, 0.3) is 0 Å². The van der Waals surface area contributed by atoms with Gasteiger partial charge in [-0.15, -0.1) is 0 Å². The van der Waals surface area contributed by atoms with Crippen molar-refractivity contribution in [2.24, 2.45) is 0 Å². The molecule has 4 aromatic rings. The molecule has 0 bridgehead atoms. The lowest BCUT2D eigenvalue weighted by molar-refractivity contribution is -0.128. The van der Waals surface area contributed by atoms with E-state index in [0.29, 0.717) is 6.42 Å². The van der Waals surface area contributed by atoms with Crippen LogP contribution < -0.4 is 0 Å². The zero-order valence-corrected chi connectivity index (χ0v) is 16.0. The van der Waals surface area contributed by atoms with E-state index in [-0.39, 0.29) is 11.8 Å². The Morgan fingerprint density at radius 1 is 0.889 bits per heavy atom. The number of aromatic nitrogens is 1. The molecule has 0 fully saturated rings. The SMILES string of the molecule is Cc1ccc(C(CC(=O)N(C)C)c2ccc3[nH]c4ccccc4c3c2)cc1. The third kappa shape index (κ3) is 3.33. The molecule has 1 amide bonds. The summed E-state index contributed by atoms with van der Waals surface area (Å²) in [4.78, 5) is 17.7. The van der Waals surface area contributed by atoms with Crippen molar-refractivity contribution in [2.45, 2.75) is 19.3 Å². The fraction of sp³-hybridized carbons (Fsp3) is 0.208. The Hall–Kier alpha value is -3.07. The van der Waals surface area contributed by atoms with Crippen LogP contribution in [0.25, 0.3) is 21.8 Å². The molecule has 3 aromatic carbocycles. The summed E-state index contributed by atoms with van der Waals surface area (Å²) in [6.45, 7) is 2.09. The molecule has 4 rings (SSSR count). The fourth-order valence-corrected chi connectivity index (χ4v) is 3.67. The predicted molar refractivity (Wildman–Crippen MR) is 112 cm³/mol. The summed E-state index contributed by atoms with van der Waals surface area (Å²) in [5.74, 6) is 0.179. The number of nitrogens with one attached hydrogen (secondary N) is 1. The van der Waals surface area contributed by atoms with Gasteiger partial charge < -0.3 is 9.88 Å². The highest BCUT2D eigenvalue weighted by molar-refractivity contribution is 6.07. The standard InChI is InChI=1S/C24H24N2O/c1-16-8-10-17(11-9-16)20(15-24(27)26(2)3)18-12-13-23-21(14-18)19-6-4-5-7-22(19)25-23/h4-14,20,25H,15H2,1-3H3. The molecule has 0 spiro atoms. The van der Waals surface area contributed by atoms with E-state index in [1.165, 1.54) is 27.5 Å². The topological polar surface area (TPSA) is 36.1 Å². The number of amides is 1. The van der Waals surface area contributed by atoms with Gasteiger partial charge in [-0.2, -0.15) is 0 Å². The predicted octanol–water partition coefficient (Wildman–Crippen LogP) is 5.24. The normalized spacial score (nSPS) is 12.4. The van der Waals surface area contributed by atoms with Crippen molar-refractivity contribution >= 4 is 27.7 Å². The molecule has 0 saturated carbocycles. The van der Waals surface area contributed by atoms with E-state index in [2.05, 4.69) is 72.6 Å². The summed E-state index contributed by atoms with van der Waals surface area (Å²) < 4.78 is 0. The third-order valence-corrected chi connectivity index (χ3v) is 5.29. The highest BCUT2D eigenvalue weighted by Crippen LogP contribution is 2.33. The summed E-state index contributed by atoms with van der Waals surface area (Å²) in [5.41, 5.74) is 5.84. The maximum Gasteiger partial charge on any atom is 0.223 e. The summed E-state index contributed by atoms with van der Waals surface area (Å²) >= 11 is 0. The Labute approximate surface area is 159 Å². The Bertz CT molecular complexity index is 1110. The van der Waals surface area contributed by atoms with Crippen molar-refractivity contribution in [3.63, 3.8) is 0 Å². The van der Waals surface area contributed by atoms with E-state index in [1.807, 2.05) is 20.2 Å². The molecule has 1 unspecified atom stereocenters. The first-order valence-corrected chi connectivity index (χ1v) is 9.30. The van der Waals surface area contributed by atoms with Crippen LogP contribution in [0.15, 0.2) is 66.7 Å². The number of carbonyl (C=O) groups excluding carboxylic acids is 1. The van der Waals surface area contributed by atoms with Crippen LogP contribution in [0.5, 0.6) is 0 Å². The van der Waals surface area contributed by atoms with Gasteiger partial charge in [-0.3, -0.25) is 4.79 Å². The lowest BCUT2D eigenvalue weighted by atomic mass is 9.87. The zero-order chi connectivity index (χ0) is 19.0. The molecule has 27 heavy (non-hydrogen) atoms. The van der Waals surface area contributed by atoms with Gasteiger partial charge in [0.05, 0.1) is 0 Å². The van der Waals surface area contributed by atoms with Crippen LogP contribution in [0.3, 0.4) is 0 Å². The van der Waals surface area contributed by atoms with Gasteiger partial charge in [0.1, 0.15) is 0 Å². The van der Waals surface area contributed by atoms with Crippen molar-refractivity contribution in [3.8, 4) is 0 Å².